The molecule has 0 unspecified atom stereocenters. The van der Waals surface area contributed by atoms with Gasteiger partial charge in [-0.3, -0.25) is 14.4 Å². The van der Waals surface area contributed by atoms with Crippen LogP contribution in [-0.4, -0.2) is 37.0 Å². The molecule has 0 saturated carbocycles. The first-order chi connectivity index (χ1) is 8.27. The summed E-state index contributed by atoms with van der Waals surface area (Å²) >= 11 is 0. The Morgan fingerprint density at radius 1 is 1.17 bits per heavy atom. The first kappa shape index (κ1) is 14.2. The van der Waals surface area contributed by atoms with Gasteiger partial charge in [0.05, 0.1) is 14.2 Å². The van der Waals surface area contributed by atoms with Crippen LogP contribution in [0, 0.1) is 17.3 Å². The first-order valence-electron chi connectivity index (χ1n) is 5.37. The summed E-state index contributed by atoms with van der Waals surface area (Å²) in [6.07, 6.45) is 0.883. The van der Waals surface area contributed by atoms with Gasteiger partial charge in [-0.05, 0) is 0 Å². The number of hydrogen-bond donors (Lipinski definition) is 1. The van der Waals surface area contributed by atoms with Crippen molar-refractivity contribution >= 4 is 17.7 Å². The quantitative estimate of drug-likeness (QED) is 0.575. The average molecular weight is 256 g/mol. The molecule has 0 aromatic rings. The van der Waals surface area contributed by atoms with Crippen LogP contribution < -0.4 is 0 Å². The molecule has 1 aliphatic carbocycles. The van der Waals surface area contributed by atoms with Crippen LogP contribution in [-0.2, 0) is 23.9 Å². The second-order valence-electron chi connectivity index (χ2n) is 4.71. The number of aliphatic hydroxyl groups is 1. The van der Waals surface area contributed by atoms with Gasteiger partial charge in [0.1, 0.15) is 17.6 Å². The highest BCUT2D eigenvalue weighted by Crippen LogP contribution is 2.44. The molecule has 0 amide bonds. The Morgan fingerprint density at radius 2 is 1.61 bits per heavy atom. The maximum atomic E-state index is 11.8. The van der Waals surface area contributed by atoms with Crippen LogP contribution in [0.3, 0.4) is 0 Å². The van der Waals surface area contributed by atoms with E-state index in [0.29, 0.717) is 0 Å². The van der Waals surface area contributed by atoms with Crippen molar-refractivity contribution in [1.82, 2.24) is 0 Å². The Labute approximate surface area is 105 Å². The zero-order valence-corrected chi connectivity index (χ0v) is 10.7. The van der Waals surface area contributed by atoms with Crippen LogP contribution in [0.2, 0.25) is 0 Å². The topological polar surface area (TPSA) is 89.9 Å². The minimum absolute atomic E-state index is 0.392. The van der Waals surface area contributed by atoms with Crippen LogP contribution in [0.5, 0.6) is 0 Å². The number of allylic oxidation sites excluding steroid dienone is 1. The molecule has 0 saturated heterocycles. The largest absolute Gasteiger partial charge is 0.511 e. The molecule has 0 spiro atoms. The minimum Gasteiger partial charge on any atom is -0.511 e. The number of methoxy groups -OCH3 is 2. The fourth-order valence-electron chi connectivity index (χ4n) is 2.31. The molecule has 2 atom stereocenters. The second kappa shape index (κ2) is 4.80. The Morgan fingerprint density at radius 3 is 2.06 bits per heavy atom. The lowest BCUT2D eigenvalue weighted by molar-refractivity contribution is -0.161. The average Bonchev–Trinajstić information content (AvgIpc) is 2.26. The highest BCUT2D eigenvalue weighted by atomic mass is 16.5. The molecular weight excluding hydrogens is 240 g/mol. The van der Waals surface area contributed by atoms with Crippen molar-refractivity contribution in [3.8, 4) is 0 Å². The molecule has 0 fully saturated rings. The number of hydrogen-bond acceptors (Lipinski definition) is 6. The number of carbonyl (C=O) groups is 3. The maximum Gasteiger partial charge on any atom is 0.317 e. The fourth-order valence-corrected chi connectivity index (χ4v) is 2.31. The molecule has 0 radical (unpaired) electrons. The Hall–Kier alpha value is -1.85. The summed E-state index contributed by atoms with van der Waals surface area (Å²) in [4.78, 5) is 35.1. The summed E-state index contributed by atoms with van der Waals surface area (Å²) in [6.45, 7) is 3.08. The number of carbonyl (C=O) groups excluding carboxylic acids is 3. The predicted molar refractivity (Wildman–Crippen MR) is 60.5 cm³/mol. The minimum atomic E-state index is -1.14. The van der Waals surface area contributed by atoms with Gasteiger partial charge < -0.3 is 14.6 Å². The van der Waals surface area contributed by atoms with E-state index in [1.54, 1.807) is 0 Å². The van der Waals surface area contributed by atoms with Gasteiger partial charge in [-0.15, -0.1) is 0 Å². The smallest absolute Gasteiger partial charge is 0.317 e. The van der Waals surface area contributed by atoms with Crippen molar-refractivity contribution in [3.63, 3.8) is 0 Å². The van der Waals surface area contributed by atoms with Gasteiger partial charge in [0.25, 0.3) is 0 Å². The van der Waals surface area contributed by atoms with Crippen molar-refractivity contribution in [3.05, 3.63) is 11.8 Å². The summed E-state index contributed by atoms with van der Waals surface area (Å²) in [5.74, 6) is -4.61. The predicted octanol–water partition coefficient (Wildman–Crippen LogP) is 0.616. The lowest BCUT2D eigenvalue weighted by Crippen LogP contribution is -2.49. The molecular formula is C12H16O6. The van der Waals surface area contributed by atoms with Crippen molar-refractivity contribution in [2.24, 2.45) is 17.3 Å². The van der Waals surface area contributed by atoms with Crippen molar-refractivity contribution < 1.29 is 29.0 Å². The number of aliphatic hydroxyl groups excluding tert-OH is 1. The third-order valence-corrected chi connectivity index (χ3v) is 3.23. The SMILES string of the molecule is COC(=O)[C@H]1C(=O)C=C(O)[C@H](C(=O)OC)C1(C)C. The van der Waals surface area contributed by atoms with Crippen molar-refractivity contribution in [2.75, 3.05) is 14.2 Å². The maximum absolute atomic E-state index is 11.8. The summed E-state index contributed by atoms with van der Waals surface area (Å²) < 4.78 is 9.16. The molecule has 1 aliphatic rings. The van der Waals surface area contributed by atoms with Crippen LogP contribution in [0.4, 0.5) is 0 Å². The molecule has 1 rings (SSSR count). The van der Waals surface area contributed by atoms with Gasteiger partial charge in [-0.2, -0.15) is 0 Å². The zero-order valence-electron chi connectivity index (χ0n) is 10.7. The molecule has 0 aromatic heterocycles. The van der Waals surface area contributed by atoms with Crippen molar-refractivity contribution in [2.45, 2.75) is 13.8 Å². The highest BCUT2D eigenvalue weighted by molar-refractivity contribution is 6.08. The van der Waals surface area contributed by atoms with E-state index >= 15 is 0 Å². The Balaban J connectivity index is 3.30. The standard InChI is InChI=1S/C12H16O6/c1-12(2)8(10(15)17-3)6(13)5-7(14)9(12)11(16)18-4/h5,8-9,13H,1-4H3/t8-,9-/m1/s1. The monoisotopic (exact) mass is 256 g/mol. The fraction of sp³-hybridized carbons (Fsp3) is 0.583. The van der Waals surface area contributed by atoms with Gasteiger partial charge in [0.15, 0.2) is 5.78 Å². The van der Waals surface area contributed by atoms with E-state index in [2.05, 4.69) is 9.47 Å². The van der Waals surface area contributed by atoms with Crippen LogP contribution in [0.1, 0.15) is 13.8 Å². The molecule has 0 aromatic carbocycles. The van der Waals surface area contributed by atoms with Gasteiger partial charge in [-0.25, -0.2) is 0 Å². The molecule has 0 bridgehead atoms. The number of esters is 2. The molecule has 0 aliphatic heterocycles. The summed E-state index contributed by atoms with van der Waals surface area (Å²) in [6, 6.07) is 0. The van der Waals surface area contributed by atoms with Gasteiger partial charge in [0.2, 0.25) is 0 Å². The van der Waals surface area contributed by atoms with E-state index in [-0.39, 0.29) is 0 Å². The molecule has 6 nitrogen and oxygen atoms in total. The van der Waals surface area contributed by atoms with E-state index in [9.17, 15) is 19.5 Å². The van der Waals surface area contributed by atoms with E-state index in [1.807, 2.05) is 0 Å². The Kier molecular flexibility index (Phi) is 3.79. The first-order valence-corrected chi connectivity index (χ1v) is 5.37. The third-order valence-electron chi connectivity index (χ3n) is 3.23. The van der Waals surface area contributed by atoms with E-state index in [4.69, 9.17) is 0 Å². The van der Waals surface area contributed by atoms with Gasteiger partial charge in [0, 0.05) is 11.5 Å². The van der Waals surface area contributed by atoms with E-state index < -0.39 is 40.7 Å². The van der Waals surface area contributed by atoms with Crippen molar-refractivity contribution in [1.29, 1.82) is 0 Å². The highest BCUT2D eigenvalue weighted by Gasteiger charge is 2.53. The Bertz CT molecular complexity index is 420. The molecule has 1 N–H and O–H groups in total. The van der Waals surface area contributed by atoms with Crippen LogP contribution in [0.15, 0.2) is 11.8 Å². The number of rotatable bonds is 2. The molecule has 100 valence electrons. The summed E-state index contributed by atoms with van der Waals surface area (Å²) in [7, 11) is 2.34. The zero-order chi connectivity index (χ0) is 14.1. The van der Waals surface area contributed by atoms with E-state index in [1.165, 1.54) is 21.0 Å². The number of ketones is 1. The molecule has 6 heteroatoms. The normalized spacial score (nSPS) is 26.2. The second-order valence-corrected chi connectivity index (χ2v) is 4.71. The lowest BCUT2D eigenvalue weighted by Gasteiger charge is -2.38. The lowest BCUT2D eigenvalue weighted by atomic mass is 9.63. The van der Waals surface area contributed by atoms with Gasteiger partial charge in [-0.1, -0.05) is 13.8 Å². The van der Waals surface area contributed by atoms with Gasteiger partial charge >= 0.3 is 11.9 Å². The third kappa shape index (κ3) is 2.10. The summed E-state index contributed by atoms with van der Waals surface area (Å²) in [5.41, 5.74) is -1.11. The van der Waals surface area contributed by atoms with Crippen LogP contribution in [0.25, 0.3) is 0 Å². The van der Waals surface area contributed by atoms with E-state index in [0.717, 1.165) is 13.2 Å². The van der Waals surface area contributed by atoms with Crippen LogP contribution >= 0.6 is 0 Å². The number of ether oxygens (including phenoxy) is 2. The summed E-state index contributed by atoms with van der Waals surface area (Å²) in [5, 5.41) is 9.74. The molecule has 0 heterocycles. The molecule has 18 heavy (non-hydrogen) atoms.